The smallest absolute Gasteiger partial charge is 0.166 e. The van der Waals surface area contributed by atoms with Gasteiger partial charge in [0.25, 0.3) is 0 Å². The predicted molar refractivity (Wildman–Crippen MR) is 62.3 cm³/mol. The normalized spacial score (nSPS) is 10.5. The van der Waals surface area contributed by atoms with Crippen molar-refractivity contribution >= 4 is 22.9 Å². The van der Waals surface area contributed by atoms with Crippen molar-refractivity contribution in [2.45, 2.75) is 13.3 Å². The number of pyridine rings is 1. The molecule has 0 unspecified atom stereocenters. The molecule has 5 heteroatoms. The summed E-state index contributed by atoms with van der Waals surface area (Å²) >= 11 is 7.19. The zero-order chi connectivity index (χ0) is 10.7. The van der Waals surface area contributed by atoms with E-state index in [1.165, 1.54) is 0 Å². The fourth-order valence-corrected chi connectivity index (χ4v) is 2.30. The largest absolute Gasteiger partial charge is 0.251 e. The van der Waals surface area contributed by atoms with Crippen molar-refractivity contribution in [3.05, 3.63) is 28.9 Å². The van der Waals surface area contributed by atoms with Gasteiger partial charge in [0.15, 0.2) is 5.01 Å². The summed E-state index contributed by atoms with van der Waals surface area (Å²) in [6, 6.07) is 5.88. The van der Waals surface area contributed by atoms with E-state index in [0.717, 1.165) is 27.8 Å². The number of alkyl halides is 1. The van der Waals surface area contributed by atoms with E-state index in [1.807, 2.05) is 25.1 Å². The number of nitrogens with zero attached hydrogens (tertiary/aromatic N) is 3. The average molecular weight is 240 g/mol. The van der Waals surface area contributed by atoms with Gasteiger partial charge in [0.2, 0.25) is 0 Å². The van der Waals surface area contributed by atoms with Crippen LogP contribution in [0.4, 0.5) is 0 Å². The highest BCUT2D eigenvalue weighted by Gasteiger charge is 2.07. The van der Waals surface area contributed by atoms with Crippen LogP contribution in [0.3, 0.4) is 0 Å². The van der Waals surface area contributed by atoms with Crippen LogP contribution in [0.25, 0.3) is 10.7 Å². The first-order valence-corrected chi connectivity index (χ1v) is 5.97. The molecule has 78 valence electrons. The molecular weight excluding hydrogens is 230 g/mol. The molecule has 2 aromatic rings. The van der Waals surface area contributed by atoms with E-state index in [9.17, 15) is 0 Å². The van der Waals surface area contributed by atoms with Crippen LogP contribution in [0.5, 0.6) is 0 Å². The summed E-state index contributed by atoms with van der Waals surface area (Å²) in [5.74, 6) is 0.579. The fourth-order valence-electron chi connectivity index (χ4n) is 1.20. The lowest BCUT2D eigenvalue weighted by Gasteiger charge is -1.95. The fraction of sp³-hybridized carbons (Fsp3) is 0.300. The SMILES string of the molecule is Cc1cccc(-c2nnc(CCCl)s2)n1. The lowest BCUT2D eigenvalue weighted by molar-refractivity contribution is 0.986. The number of hydrogen-bond acceptors (Lipinski definition) is 4. The molecule has 0 aliphatic carbocycles. The van der Waals surface area contributed by atoms with E-state index in [0.29, 0.717) is 5.88 Å². The molecule has 0 bridgehead atoms. The molecule has 0 radical (unpaired) electrons. The van der Waals surface area contributed by atoms with E-state index in [4.69, 9.17) is 11.6 Å². The Morgan fingerprint density at radius 1 is 1.33 bits per heavy atom. The molecule has 2 aromatic heterocycles. The maximum absolute atomic E-state index is 5.64. The first kappa shape index (κ1) is 10.5. The Morgan fingerprint density at radius 3 is 2.93 bits per heavy atom. The molecule has 0 aromatic carbocycles. The van der Waals surface area contributed by atoms with Gasteiger partial charge in [0, 0.05) is 18.0 Å². The Morgan fingerprint density at radius 2 is 2.20 bits per heavy atom. The topological polar surface area (TPSA) is 38.7 Å². The second kappa shape index (κ2) is 4.68. The van der Waals surface area contributed by atoms with Crippen molar-refractivity contribution in [3.63, 3.8) is 0 Å². The van der Waals surface area contributed by atoms with Crippen molar-refractivity contribution in [3.8, 4) is 10.7 Å². The van der Waals surface area contributed by atoms with Gasteiger partial charge >= 0.3 is 0 Å². The minimum atomic E-state index is 0.579. The monoisotopic (exact) mass is 239 g/mol. The van der Waals surface area contributed by atoms with E-state index in [1.54, 1.807) is 11.3 Å². The highest BCUT2D eigenvalue weighted by molar-refractivity contribution is 7.14. The molecule has 0 fully saturated rings. The molecule has 0 saturated carbocycles. The minimum Gasteiger partial charge on any atom is -0.251 e. The number of aryl methyl sites for hydroxylation is 2. The van der Waals surface area contributed by atoms with Gasteiger partial charge in [-0.25, -0.2) is 0 Å². The zero-order valence-electron chi connectivity index (χ0n) is 8.27. The Labute approximate surface area is 97.2 Å². The van der Waals surface area contributed by atoms with Crippen LogP contribution in [0.15, 0.2) is 18.2 Å². The summed E-state index contributed by atoms with van der Waals surface area (Å²) in [6.07, 6.45) is 0.769. The second-order valence-corrected chi connectivity index (χ2v) is 4.54. The van der Waals surface area contributed by atoms with Gasteiger partial charge in [0.1, 0.15) is 10.7 Å². The quantitative estimate of drug-likeness (QED) is 0.773. The summed E-state index contributed by atoms with van der Waals surface area (Å²) in [5.41, 5.74) is 1.87. The van der Waals surface area contributed by atoms with E-state index < -0.39 is 0 Å². The molecule has 2 heterocycles. The third kappa shape index (κ3) is 2.52. The van der Waals surface area contributed by atoms with E-state index >= 15 is 0 Å². The maximum atomic E-state index is 5.64. The standard InChI is InChI=1S/C10H10ClN3S/c1-7-3-2-4-8(12-7)10-14-13-9(15-10)5-6-11/h2-4H,5-6H2,1H3. The predicted octanol–water partition coefficient (Wildman–Crippen LogP) is 2.69. The van der Waals surface area contributed by atoms with Crippen molar-refractivity contribution < 1.29 is 0 Å². The van der Waals surface area contributed by atoms with E-state index in [2.05, 4.69) is 15.2 Å². The Kier molecular flexibility index (Phi) is 3.28. The lowest BCUT2D eigenvalue weighted by Crippen LogP contribution is -1.85. The van der Waals surface area contributed by atoms with Gasteiger partial charge in [0.05, 0.1) is 0 Å². The van der Waals surface area contributed by atoms with Gasteiger partial charge in [-0.1, -0.05) is 17.4 Å². The summed E-state index contributed by atoms with van der Waals surface area (Å²) in [7, 11) is 0. The number of hydrogen-bond donors (Lipinski definition) is 0. The number of rotatable bonds is 3. The Balaban J connectivity index is 2.29. The third-order valence-electron chi connectivity index (χ3n) is 1.88. The molecule has 0 aliphatic heterocycles. The Hall–Kier alpha value is -1.00. The first-order valence-electron chi connectivity index (χ1n) is 4.62. The zero-order valence-corrected chi connectivity index (χ0v) is 9.85. The number of aromatic nitrogens is 3. The van der Waals surface area contributed by atoms with Crippen LogP contribution in [-0.2, 0) is 6.42 Å². The van der Waals surface area contributed by atoms with E-state index in [-0.39, 0.29) is 0 Å². The molecule has 0 aliphatic rings. The maximum Gasteiger partial charge on any atom is 0.166 e. The summed E-state index contributed by atoms with van der Waals surface area (Å²) in [5, 5.41) is 9.97. The lowest BCUT2D eigenvalue weighted by atomic mass is 10.3. The third-order valence-corrected chi connectivity index (χ3v) is 3.08. The molecule has 0 amide bonds. The van der Waals surface area contributed by atoms with Crippen LogP contribution in [-0.4, -0.2) is 21.1 Å². The van der Waals surface area contributed by atoms with Crippen molar-refractivity contribution in [2.75, 3.05) is 5.88 Å². The molecule has 0 N–H and O–H groups in total. The minimum absolute atomic E-state index is 0.579. The molecule has 0 atom stereocenters. The van der Waals surface area contributed by atoms with Crippen molar-refractivity contribution in [2.24, 2.45) is 0 Å². The highest BCUT2D eigenvalue weighted by atomic mass is 35.5. The average Bonchev–Trinajstić information content (AvgIpc) is 2.67. The highest BCUT2D eigenvalue weighted by Crippen LogP contribution is 2.21. The van der Waals surface area contributed by atoms with Crippen LogP contribution in [0.1, 0.15) is 10.7 Å². The van der Waals surface area contributed by atoms with Crippen LogP contribution in [0.2, 0.25) is 0 Å². The molecule has 0 saturated heterocycles. The van der Waals surface area contributed by atoms with Crippen LogP contribution < -0.4 is 0 Å². The second-order valence-electron chi connectivity index (χ2n) is 3.10. The van der Waals surface area contributed by atoms with Crippen LogP contribution >= 0.6 is 22.9 Å². The summed E-state index contributed by atoms with van der Waals surface area (Å²) in [6.45, 7) is 1.96. The van der Waals surface area contributed by atoms with Crippen LogP contribution in [0, 0.1) is 6.92 Å². The molecule has 15 heavy (non-hydrogen) atoms. The summed E-state index contributed by atoms with van der Waals surface area (Å²) in [4.78, 5) is 4.39. The first-order chi connectivity index (χ1) is 7.29. The number of halogens is 1. The molecule has 0 spiro atoms. The molecule has 2 rings (SSSR count). The van der Waals surface area contributed by atoms with Gasteiger partial charge in [-0.2, -0.15) is 0 Å². The summed E-state index contributed by atoms with van der Waals surface area (Å²) < 4.78 is 0. The Bertz CT molecular complexity index is 455. The molecule has 3 nitrogen and oxygen atoms in total. The van der Waals surface area contributed by atoms with Gasteiger partial charge in [-0.15, -0.1) is 21.8 Å². The van der Waals surface area contributed by atoms with Gasteiger partial charge in [-0.05, 0) is 19.1 Å². The van der Waals surface area contributed by atoms with Crippen molar-refractivity contribution in [1.29, 1.82) is 0 Å². The van der Waals surface area contributed by atoms with Crippen molar-refractivity contribution in [1.82, 2.24) is 15.2 Å². The molecular formula is C10H10ClN3S. The van der Waals surface area contributed by atoms with Gasteiger partial charge in [-0.3, -0.25) is 4.98 Å². The van der Waals surface area contributed by atoms with Gasteiger partial charge < -0.3 is 0 Å².